The number of halogens is 1. The van der Waals surface area contributed by atoms with Gasteiger partial charge in [0.15, 0.2) is 0 Å². The Hall–Kier alpha value is -2.81. The molecule has 0 saturated heterocycles. The number of nitrogens with zero attached hydrogens (tertiary/aromatic N) is 1. The molecule has 2 aromatic carbocycles. The van der Waals surface area contributed by atoms with Crippen molar-refractivity contribution in [3.05, 3.63) is 82.8 Å². The summed E-state index contributed by atoms with van der Waals surface area (Å²) in [5.74, 6) is 0.125. The number of nitrogens with one attached hydrogen (secondary N) is 2. The predicted octanol–water partition coefficient (Wildman–Crippen LogP) is 5.19. The molecule has 4 aromatic rings. The third-order valence-electron chi connectivity index (χ3n) is 5.01. The molecule has 0 spiro atoms. The number of benzene rings is 2. The summed E-state index contributed by atoms with van der Waals surface area (Å²) in [5.41, 5.74) is 2.17. The lowest BCUT2D eigenvalue weighted by atomic mass is 10.2. The predicted molar refractivity (Wildman–Crippen MR) is 132 cm³/mol. The van der Waals surface area contributed by atoms with Crippen LogP contribution in [0, 0.1) is 13.8 Å². The van der Waals surface area contributed by atoms with Crippen molar-refractivity contribution in [2.75, 3.05) is 12.3 Å². The zero-order chi connectivity index (χ0) is 23.6. The minimum atomic E-state index is -4.00. The average Bonchev–Trinajstić information content (AvgIpc) is 3.16. The fourth-order valence-electron chi connectivity index (χ4n) is 3.64. The van der Waals surface area contributed by atoms with E-state index in [9.17, 15) is 13.2 Å². The van der Waals surface area contributed by atoms with Gasteiger partial charge >= 0.3 is 0 Å². The number of sulfone groups is 1. The Balaban J connectivity index is 1.68. The highest BCUT2D eigenvalue weighted by molar-refractivity contribution is 7.99. The smallest absolute Gasteiger partial charge is 0.269 e. The van der Waals surface area contributed by atoms with Gasteiger partial charge in [0.1, 0.15) is 10.6 Å². The number of pyridine rings is 1. The number of fused-ring (bicyclic) bond motifs is 1. The normalized spacial score (nSPS) is 11.6. The van der Waals surface area contributed by atoms with Crippen LogP contribution in [0.4, 0.5) is 0 Å². The molecule has 0 atom stereocenters. The van der Waals surface area contributed by atoms with Gasteiger partial charge in [-0.2, -0.15) is 0 Å². The zero-order valence-electron chi connectivity index (χ0n) is 18.1. The summed E-state index contributed by atoms with van der Waals surface area (Å²) in [6.07, 6.45) is 3.45. The van der Waals surface area contributed by atoms with Crippen molar-refractivity contribution in [3.63, 3.8) is 0 Å². The van der Waals surface area contributed by atoms with Gasteiger partial charge in [0.25, 0.3) is 5.91 Å². The van der Waals surface area contributed by atoms with Gasteiger partial charge in [0.05, 0.1) is 4.90 Å². The molecule has 0 aliphatic carbocycles. The van der Waals surface area contributed by atoms with Crippen LogP contribution in [0.25, 0.3) is 10.9 Å². The number of carbonyl (C=O) groups is 1. The summed E-state index contributed by atoms with van der Waals surface area (Å²) in [6, 6.07) is 13.8. The molecule has 0 saturated carbocycles. The maximum absolute atomic E-state index is 13.7. The van der Waals surface area contributed by atoms with Gasteiger partial charge in [-0.25, -0.2) is 8.42 Å². The zero-order valence-corrected chi connectivity index (χ0v) is 20.4. The molecular weight excluding hydrogens is 478 g/mol. The maximum atomic E-state index is 13.7. The number of hydrogen-bond donors (Lipinski definition) is 2. The molecule has 9 heteroatoms. The summed E-state index contributed by atoms with van der Waals surface area (Å²) >= 11 is 7.72. The molecule has 2 N–H and O–H groups in total. The van der Waals surface area contributed by atoms with E-state index in [4.69, 9.17) is 11.6 Å². The summed E-state index contributed by atoms with van der Waals surface area (Å²) in [5, 5.41) is 3.60. The molecule has 0 radical (unpaired) electrons. The second-order valence-electron chi connectivity index (χ2n) is 7.64. The van der Waals surface area contributed by atoms with Crippen molar-refractivity contribution in [1.82, 2.24) is 15.3 Å². The molecule has 0 fully saturated rings. The molecule has 1 amide bonds. The summed E-state index contributed by atoms with van der Waals surface area (Å²) in [7, 11) is -4.00. The van der Waals surface area contributed by atoms with Crippen LogP contribution in [0.3, 0.4) is 0 Å². The first-order chi connectivity index (χ1) is 15.8. The number of aromatic nitrogens is 2. The summed E-state index contributed by atoms with van der Waals surface area (Å²) in [6.45, 7) is 4.04. The van der Waals surface area contributed by atoms with Crippen molar-refractivity contribution >= 4 is 50.0 Å². The Morgan fingerprint density at radius 2 is 1.88 bits per heavy atom. The van der Waals surface area contributed by atoms with E-state index in [0.29, 0.717) is 28.2 Å². The lowest BCUT2D eigenvalue weighted by molar-refractivity contribution is 0.0948. The van der Waals surface area contributed by atoms with Crippen molar-refractivity contribution < 1.29 is 13.2 Å². The van der Waals surface area contributed by atoms with Crippen LogP contribution in [0.15, 0.2) is 75.6 Å². The number of thioether (sulfide) groups is 1. The van der Waals surface area contributed by atoms with E-state index in [1.807, 2.05) is 32.0 Å². The second-order valence-corrected chi connectivity index (χ2v) is 11.1. The lowest BCUT2D eigenvalue weighted by Gasteiger charge is -2.10. The van der Waals surface area contributed by atoms with E-state index in [2.05, 4.69) is 15.3 Å². The van der Waals surface area contributed by atoms with Crippen LogP contribution < -0.4 is 5.32 Å². The van der Waals surface area contributed by atoms with Crippen LogP contribution in [-0.2, 0) is 9.84 Å². The van der Waals surface area contributed by atoms with E-state index in [1.165, 1.54) is 0 Å². The largest absolute Gasteiger partial charge is 0.350 e. The fourth-order valence-corrected chi connectivity index (χ4v) is 6.35. The van der Waals surface area contributed by atoms with Gasteiger partial charge in [0.2, 0.25) is 9.84 Å². The Bertz CT molecular complexity index is 1410. The number of carbonyl (C=O) groups excluding carboxylic acids is 1. The molecule has 33 heavy (non-hydrogen) atoms. The minimum Gasteiger partial charge on any atom is -0.350 e. The van der Waals surface area contributed by atoms with Gasteiger partial charge in [0, 0.05) is 45.5 Å². The van der Waals surface area contributed by atoms with Crippen molar-refractivity contribution in [2.45, 2.75) is 28.5 Å². The highest BCUT2D eigenvalue weighted by atomic mass is 35.5. The third kappa shape index (κ3) is 5.08. The van der Waals surface area contributed by atoms with Crippen molar-refractivity contribution in [2.24, 2.45) is 0 Å². The Morgan fingerprint density at radius 1 is 1.12 bits per heavy atom. The third-order valence-corrected chi connectivity index (χ3v) is 8.04. The average molecular weight is 500 g/mol. The van der Waals surface area contributed by atoms with Gasteiger partial charge in [-0.05, 0) is 67.4 Å². The first-order valence-corrected chi connectivity index (χ1v) is 13.1. The van der Waals surface area contributed by atoms with Crippen molar-refractivity contribution in [3.8, 4) is 0 Å². The highest BCUT2D eigenvalue weighted by Crippen LogP contribution is 2.34. The topological polar surface area (TPSA) is 91.9 Å². The minimum absolute atomic E-state index is 0.00203. The number of aromatic amines is 1. The van der Waals surface area contributed by atoms with E-state index >= 15 is 0 Å². The van der Waals surface area contributed by atoms with Crippen LogP contribution in [0.1, 0.15) is 21.6 Å². The molecule has 6 nitrogen and oxygen atoms in total. The quantitative estimate of drug-likeness (QED) is 0.270. The number of hydrogen-bond acceptors (Lipinski definition) is 5. The number of amides is 1. The number of aryl methyl sites for hydroxylation is 2. The Kier molecular flexibility index (Phi) is 6.78. The van der Waals surface area contributed by atoms with Gasteiger partial charge in [-0.1, -0.05) is 17.7 Å². The molecule has 0 unspecified atom stereocenters. The van der Waals surface area contributed by atoms with Gasteiger partial charge in [-0.15, -0.1) is 11.8 Å². The van der Waals surface area contributed by atoms with Gasteiger partial charge in [-0.3, -0.25) is 9.78 Å². The lowest BCUT2D eigenvalue weighted by Crippen LogP contribution is -2.27. The molecule has 0 bridgehead atoms. The SMILES string of the molecule is Cc1cc(C)cc(S(=O)(=O)c2c(C(=O)NCCSc3cccnc3)[nH]c3ccc(Cl)cc23)c1. The standard InChI is InChI=1S/C24H22ClN3O3S2/c1-15-10-16(2)12-19(11-15)33(30,31)23-20-13-17(25)5-6-21(20)28-22(23)24(29)27-8-9-32-18-4-3-7-26-14-18/h3-7,10-14,28H,8-9H2,1-2H3,(H,27,29). The Morgan fingerprint density at radius 3 is 2.58 bits per heavy atom. The van der Waals surface area contributed by atoms with Crippen LogP contribution in [0.2, 0.25) is 5.02 Å². The number of H-pyrrole nitrogens is 1. The summed E-state index contributed by atoms with van der Waals surface area (Å²) in [4.78, 5) is 21.2. The molecular formula is C24H22ClN3O3S2. The van der Waals surface area contributed by atoms with Crippen LogP contribution in [-0.4, -0.2) is 36.6 Å². The fraction of sp³-hybridized carbons (Fsp3) is 0.167. The van der Waals surface area contributed by atoms with Gasteiger partial charge < -0.3 is 10.3 Å². The van der Waals surface area contributed by atoms with Crippen LogP contribution >= 0.6 is 23.4 Å². The summed E-state index contributed by atoms with van der Waals surface area (Å²) < 4.78 is 27.4. The monoisotopic (exact) mass is 499 g/mol. The van der Waals surface area contributed by atoms with Crippen LogP contribution in [0.5, 0.6) is 0 Å². The van der Waals surface area contributed by atoms with Crippen molar-refractivity contribution in [1.29, 1.82) is 0 Å². The van der Waals surface area contributed by atoms with E-state index in [1.54, 1.807) is 54.5 Å². The molecule has 170 valence electrons. The second kappa shape index (κ2) is 9.59. The first-order valence-electron chi connectivity index (χ1n) is 10.2. The molecule has 2 aromatic heterocycles. The maximum Gasteiger partial charge on any atom is 0.269 e. The van der Waals surface area contributed by atoms with E-state index < -0.39 is 15.7 Å². The molecule has 4 rings (SSSR count). The highest BCUT2D eigenvalue weighted by Gasteiger charge is 2.30. The van der Waals surface area contributed by atoms with E-state index in [0.717, 1.165) is 16.0 Å². The molecule has 0 aliphatic heterocycles. The number of rotatable bonds is 7. The first kappa shape index (κ1) is 23.4. The Labute approximate surface area is 201 Å². The molecule has 0 aliphatic rings. The molecule has 2 heterocycles. The van der Waals surface area contributed by atoms with E-state index in [-0.39, 0.29) is 15.5 Å².